The zero-order valence-electron chi connectivity index (χ0n) is 22.8. The number of benzene rings is 2. The van der Waals surface area contributed by atoms with Crippen molar-refractivity contribution in [2.24, 2.45) is 0 Å². The van der Waals surface area contributed by atoms with Crippen molar-refractivity contribution in [2.75, 3.05) is 32.8 Å². The lowest BCUT2D eigenvalue weighted by molar-refractivity contribution is -0.113. The van der Waals surface area contributed by atoms with E-state index < -0.39 is 0 Å². The number of ether oxygens (including phenoxy) is 4. The minimum atomic E-state index is -0.235. The summed E-state index contributed by atoms with van der Waals surface area (Å²) >= 11 is 0. The van der Waals surface area contributed by atoms with Crippen LogP contribution < -0.4 is 19.5 Å². The van der Waals surface area contributed by atoms with Gasteiger partial charge in [-0.05, 0) is 68.2 Å². The molecule has 2 aliphatic rings. The number of ketones is 2. The minimum Gasteiger partial charge on any atom is -0.493 e. The maximum absolute atomic E-state index is 12.8. The summed E-state index contributed by atoms with van der Waals surface area (Å²) in [5.41, 5.74) is 2.23. The van der Waals surface area contributed by atoms with Crippen LogP contribution in [0.2, 0.25) is 0 Å². The highest BCUT2D eigenvalue weighted by Gasteiger charge is 2.23. The second kappa shape index (κ2) is 12.7. The minimum absolute atomic E-state index is 0.0733. The molecule has 1 aromatic heterocycles. The van der Waals surface area contributed by atoms with E-state index in [1.807, 2.05) is 24.3 Å². The maximum atomic E-state index is 12.8. The Bertz CT molecular complexity index is 1460. The lowest BCUT2D eigenvalue weighted by Crippen LogP contribution is -2.17. The van der Waals surface area contributed by atoms with Crippen molar-refractivity contribution in [1.82, 2.24) is 9.97 Å². The molecule has 0 saturated heterocycles. The number of anilines is 2. The molecule has 0 radical (unpaired) electrons. The van der Waals surface area contributed by atoms with E-state index in [1.165, 1.54) is 37.4 Å². The first-order valence-corrected chi connectivity index (χ1v) is 13.6. The first-order chi connectivity index (χ1) is 19.6. The van der Waals surface area contributed by atoms with Gasteiger partial charge < -0.3 is 24.3 Å². The highest BCUT2D eigenvalue weighted by atomic mass is 16.5. The summed E-state index contributed by atoms with van der Waals surface area (Å²) in [6.07, 6.45) is 12.1. The van der Waals surface area contributed by atoms with Gasteiger partial charge in [0, 0.05) is 35.4 Å². The van der Waals surface area contributed by atoms with Gasteiger partial charge in [0.2, 0.25) is 0 Å². The molecule has 40 heavy (non-hydrogen) atoms. The van der Waals surface area contributed by atoms with Crippen molar-refractivity contribution in [1.29, 1.82) is 0 Å². The van der Waals surface area contributed by atoms with Gasteiger partial charge in [-0.1, -0.05) is 12.8 Å². The molecule has 0 spiro atoms. The Morgan fingerprint density at radius 2 is 1.73 bits per heavy atom. The van der Waals surface area contributed by atoms with Gasteiger partial charge in [0.1, 0.15) is 24.5 Å². The molecule has 0 aliphatic heterocycles. The fourth-order valence-electron chi connectivity index (χ4n) is 4.99. The first-order valence-electron chi connectivity index (χ1n) is 13.6. The molecule has 0 amide bonds. The van der Waals surface area contributed by atoms with Gasteiger partial charge >= 0.3 is 0 Å². The number of fused-ring (bicyclic) bond motifs is 1. The van der Waals surface area contributed by atoms with Crippen molar-refractivity contribution in [3.05, 3.63) is 60.5 Å². The van der Waals surface area contributed by atoms with Crippen molar-refractivity contribution < 1.29 is 28.5 Å². The maximum Gasteiger partial charge on any atom is 0.186 e. The molecule has 2 aromatic carbocycles. The third-order valence-electron chi connectivity index (χ3n) is 7.05. The number of carbonyl (C=O) groups excluding carboxylic acids is 2. The first kappa shape index (κ1) is 27.3. The predicted octanol–water partition coefficient (Wildman–Crippen LogP) is 5.60. The van der Waals surface area contributed by atoms with Gasteiger partial charge in [0.05, 0.1) is 25.3 Å². The molecule has 1 N–H and O–H groups in total. The number of hydrogen-bond acceptors (Lipinski definition) is 9. The van der Waals surface area contributed by atoms with Crippen LogP contribution in [0.1, 0.15) is 44.1 Å². The van der Waals surface area contributed by atoms with Gasteiger partial charge in [-0.25, -0.2) is 9.97 Å². The molecule has 0 unspecified atom stereocenters. The van der Waals surface area contributed by atoms with Crippen LogP contribution in [-0.4, -0.2) is 55.1 Å². The van der Waals surface area contributed by atoms with Crippen LogP contribution in [0.25, 0.3) is 16.5 Å². The molecular formula is C31H33N3O6. The van der Waals surface area contributed by atoms with Crippen LogP contribution in [0.15, 0.2) is 54.9 Å². The monoisotopic (exact) mass is 543 g/mol. The van der Waals surface area contributed by atoms with E-state index in [9.17, 15) is 9.59 Å². The molecule has 5 rings (SSSR count). The topological polar surface area (TPSA) is 109 Å². The van der Waals surface area contributed by atoms with Gasteiger partial charge in [0.15, 0.2) is 23.1 Å². The summed E-state index contributed by atoms with van der Waals surface area (Å²) in [5, 5.41) is 4.08. The standard InChI is InChI=1S/C31H33N3O6/c1-37-13-14-39-30-18-26-25(17-29(30)38-2)31(33-19-32-26)34-20-9-12-28(40-22-7-5-3-4-6-8-22)24(15-20)23-16-21(35)10-11-27(23)36/h9-12,15-19,22H,3-8,13-14H2,1-2H3,(H,32,33,34). The Labute approximate surface area is 233 Å². The molecule has 1 heterocycles. The Kier molecular flexibility index (Phi) is 8.71. The average Bonchev–Trinajstić information content (AvgIpc) is 3.24. The fraction of sp³-hybridized carbons (Fsp3) is 0.355. The number of nitrogens with one attached hydrogen (secondary N) is 1. The van der Waals surface area contributed by atoms with E-state index in [0.717, 1.165) is 31.1 Å². The molecule has 3 aromatic rings. The third kappa shape index (κ3) is 6.31. The molecule has 1 saturated carbocycles. The van der Waals surface area contributed by atoms with E-state index in [1.54, 1.807) is 20.3 Å². The van der Waals surface area contributed by atoms with E-state index in [2.05, 4.69) is 15.3 Å². The number of carbonyl (C=O) groups is 2. The highest BCUT2D eigenvalue weighted by Crippen LogP contribution is 2.37. The molecule has 9 nitrogen and oxygen atoms in total. The van der Waals surface area contributed by atoms with Crippen molar-refractivity contribution in [3.8, 4) is 17.2 Å². The number of methoxy groups -OCH3 is 2. The zero-order valence-corrected chi connectivity index (χ0v) is 22.8. The van der Waals surface area contributed by atoms with Crippen LogP contribution in [0.3, 0.4) is 0 Å². The van der Waals surface area contributed by atoms with Crippen molar-refractivity contribution >= 4 is 39.5 Å². The molecule has 2 aliphatic carbocycles. The molecule has 9 heteroatoms. The number of hydrogen-bond donors (Lipinski definition) is 1. The van der Waals surface area contributed by atoms with Gasteiger partial charge in [-0.2, -0.15) is 0 Å². The Balaban J connectivity index is 1.49. The lowest BCUT2D eigenvalue weighted by Gasteiger charge is -2.21. The van der Waals surface area contributed by atoms with E-state index in [4.69, 9.17) is 18.9 Å². The Morgan fingerprint density at radius 3 is 2.50 bits per heavy atom. The normalized spacial score (nSPS) is 16.0. The average molecular weight is 544 g/mol. The Hall–Kier alpha value is -4.24. The van der Waals surface area contributed by atoms with Crippen LogP contribution in [0.5, 0.6) is 17.2 Å². The fourth-order valence-corrected chi connectivity index (χ4v) is 4.99. The van der Waals surface area contributed by atoms with Gasteiger partial charge in [0.25, 0.3) is 0 Å². The summed E-state index contributed by atoms with van der Waals surface area (Å²) in [5.74, 6) is 1.77. The van der Waals surface area contributed by atoms with Crippen LogP contribution in [0.4, 0.5) is 11.5 Å². The second-order valence-electron chi connectivity index (χ2n) is 9.81. The molecule has 0 atom stereocenters. The van der Waals surface area contributed by atoms with E-state index in [0.29, 0.717) is 58.6 Å². The molecular weight excluding hydrogens is 510 g/mol. The quantitative estimate of drug-likeness (QED) is 0.198. The summed E-state index contributed by atoms with van der Waals surface area (Å²) < 4.78 is 22.9. The van der Waals surface area contributed by atoms with Crippen molar-refractivity contribution in [3.63, 3.8) is 0 Å². The summed E-state index contributed by atoms with van der Waals surface area (Å²) in [6.45, 7) is 0.819. The molecule has 208 valence electrons. The summed E-state index contributed by atoms with van der Waals surface area (Å²) in [7, 11) is 3.19. The van der Waals surface area contributed by atoms with Gasteiger partial charge in [-0.15, -0.1) is 0 Å². The van der Waals surface area contributed by atoms with E-state index in [-0.39, 0.29) is 17.7 Å². The molecule has 0 bridgehead atoms. The zero-order chi connectivity index (χ0) is 27.9. The second-order valence-corrected chi connectivity index (χ2v) is 9.81. The van der Waals surface area contributed by atoms with Crippen LogP contribution in [-0.2, 0) is 14.3 Å². The lowest BCUT2D eigenvalue weighted by atomic mass is 9.95. The largest absolute Gasteiger partial charge is 0.493 e. The Morgan fingerprint density at radius 1 is 0.900 bits per heavy atom. The number of nitrogens with zero attached hydrogens (tertiary/aromatic N) is 2. The summed E-state index contributed by atoms with van der Waals surface area (Å²) in [4.78, 5) is 33.9. The predicted molar refractivity (Wildman–Crippen MR) is 152 cm³/mol. The molecule has 1 fully saturated rings. The van der Waals surface area contributed by atoms with Crippen molar-refractivity contribution in [2.45, 2.75) is 44.6 Å². The smallest absolute Gasteiger partial charge is 0.186 e. The SMILES string of the molecule is COCCOc1cc2ncnc(Nc3ccc(OC4CCCCCC4)c(C4=CC(=O)C=CC4=O)c3)c2cc1OC. The number of rotatable bonds is 10. The highest BCUT2D eigenvalue weighted by molar-refractivity contribution is 6.34. The van der Waals surface area contributed by atoms with Crippen LogP contribution in [0, 0.1) is 0 Å². The van der Waals surface area contributed by atoms with E-state index >= 15 is 0 Å². The van der Waals surface area contributed by atoms with Gasteiger partial charge in [-0.3, -0.25) is 9.59 Å². The number of allylic oxidation sites excluding steroid dienone is 4. The number of aromatic nitrogens is 2. The summed E-state index contributed by atoms with van der Waals surface area (Å²) in [6, 6.07) is 9.19. The van der Waals surface area contributed by atoms with Crippen LogP contribution >= 0.6 is 0 Å². The third-order valence-corrected chi connectivity index (χ3v) is 7.05.